The molecule has 130 valence electrons. The van der Waals surface area contributed by atoms with Crippen LogP contribution in [0.15, 0.2) is 24.3 Å². The Morgan fingerprint density at radius 2 is 1.92 bits per heavy atom. The molecule has 1 N–H and O–H groups in total. The fourth-order valence-corrected chi connectivity index (χ4v) is 2.91. The van der Waals surface area contributed by atoms with Gasteiger partial charge >= 0.3 is 5.97 Å². The number of esters is 1. The number of likely N-dealkylation sites (N-methyl/N-ethyl adjacent to an activating group) is 1. The van der Waals surface area contributed by atoms with Crippen molar-refractivity contribution in [2.24, 2.45) is 0 Å². The normalized spacial score (nSPS) is 14.8. The lowest BCUT2D eigenvalue weighted by Gasteiger charge is -2.31. The van der Waals surface area contributed by atoms with Crippen LogP contribution in [-0.2, 0) is 14.3 Å². The number of rotatable bonds is 5. The molecule has 6 nitrogen and oxygen atoms in total. The number of hydrogen-bond acceptors (Lipinski definition) is 4. The standard InChI is InChI=1S/C18H24N2O4/c1-13(21)19-15-8-6-7-14(11-15)18(23)24-12-17(22)20(2)16-9-4-3-5-10-16/h6-8,11,16H,3-5,9-10,12H2,1-2H3,(H,19,21). The molecule has 1 aliphatic carbocycles. The van der Waals surface area contributed by atoms with E-state index in [4.69, 9.17) is 4.74 Å². The molecule has 0 spiro atoms. The number of carbonyl (C=O) groups is 3. The van der Waals surface area contributed by atoms with E-state index in [9.17, 15) is 14.4 Å². The maximum Gasteiger partial charge on any atom is 0.338 e. The molecule has 0 radical (unpaired) electrons. The Labute approximate surface area is 142 Å². The maximum absolute atomic E-state index is 12.2. The van der Waals surface area contributed by atoms with Crippen LogP contribution < -0.4 is 5.32 Å². The highest BCUT2D eigenvalue weighted by Gasteiger charge is 2.23. The summed E-state index contributed by atoms with van der Waals surface area (Å²) in [6.45, 7) is 1.13. The first kappa shape index (κ1) is 18.0. The number of nitrogens with zero attached hydrogens (tertiary/aromatic N) is 1. The molecule has 1 fully saturated rings. The zero-order valence-corrected chi connectivity index (χ0v) is 14.2. The van der Waals surface area contributed by atoms with Crippen LogP contribution in [0, 0.1) is 0 Å². The van der Waals surface area contributed by atoms with E-state index in [2.05, 4.69) is 5.32 Å². The van der Waals surface area contributed by atoms with Crippen molar-refractivity contribution in [1.29, 1.82) is 0 Å². The second kappa shape index (κ2) is 8.47. The summed E-state index contributed by atoms with van der Waals surface area (Å²) < 4.78 is 5.12. The highest BCUT2D eigenvalue weighted by molar-refractivity contribution is 5.94. The summed E-state index contributed by atoms with van der Waals surface area (Å²) in [6, 6.07) is 6.69. The van der Waals surface area contributed by atoms with Crippen LogP contribution in [0.25, 0.3) is 0 Å². The average molecular weight is 332 g/mol. The van der Waals surface area contributed by atoms with Crippen LogP contribution in [0.5, 0.6) is 0 Å². The quantitative estimate of drug-likeness (QED) is 0.841. The van der Waals surface area contributed by atoms with Crippen molar-refractivity contribution in [3.05, 3.63) is 29.8 Å². The largest absolute Gasteiger partial charge is 0.452 e. The predicted octanol–water partition coefficient (Wildman–Crippen LogP) is 2.59. The van der Waals surface area contributed by atoms with Gasteiger partial charge in [-0.25, -0.2) is 4.79 Å². The van der Waals surface area contributed by atoms with Gasteiger partial charge in [0.1, 0.15) is 0 Å². The highest BCUT2D eigenvalue weighted by atomic mass is 16.5. The van der Waals surface area contributed by atoms with Gasteiger partial charge in [-0.15, -0.1) is 0 Å². The molecule has 1 aliphatic rings. The second-order valence-electron chi connectivity index (χ2n) is 6.13. The number of amides is 2. The minimum Gasteiger partial charge on any atom is -0.452 e. The number of benzene rings is 1. The molecule has 0 aromatic heterocycles. The topological polar surface area (TPSA) is 75.7 Å². The van der Waals surface area contributed by atoms with Crippen LogP contribution in [0.4, 0.5) is 5.69 Å². The number of anilines is 1. The summed E-state index contributed by atoms with van der Waals surface area (Å²) in [5, 5.41) is 2.60. The molecule has 0 atom stereocenters. The molecular weight excluding hydrogens is 308 g/mol. The first-order valence-corrected chi connectivity index (χ1v) is 8.28. The third kappa shape index (κ3) is 5.08. The Hall–Kier alpha value is -2.37. The Morgan fingerprint density at radius 3 is 2.58 bits per heavy atom. The first-order chi connectivity index (χ1) is 11.5. The highest BCUT2D eigenvalue weighted by Crippen LogP contribution is 2.21. The van der Waals surface area contributed by atoms with Gasteiger partial charge in [-0.2, -0.15) is 0 Å². The summed E-state index contributed by atoms with van der Waals surface area (Å²) in [4.78, 5) is 37.0. The fourth-order valence-electron chi connectivity index (χ4n) is 2.91. The van der Waals surface area contributed by atoms with Crippen molar-refractivity contribution >= 4 is 23.5 Å². The van der Waals surface area contributed by atoms with E-state index in [1.807, 2.05) is 0 Å². The molecule has 2 rings (SSSR count). The van der Waals surface area contributed by atoms with Crippen molar-refractivity contribution in [2.45, 2.75) is 45.1 Å². The Kier molecular flexibility index (Phi) is 6.35. The number of carbonyl (C=O) groups excluding carboxylic acids is 3. The zero-order valence-electron chi connectivity index (χ0n) is 14.2. The minimum atomic E-state index is -0.576. The average Bonchev–Trinajstić information content (AvgIpc) is 2.59. The van der Waals surface area contributed by atoms with Gasteiger partial charge in [0.15, 0.2) is 6.61 Å². The summed E-state index contributed by atoms with van der Waals surface area (Å²) in [5.41, 5.74) is 0.817. The summed E-state index contributed by atoms with van der Waals surface area (Å²) in [5.74, 6) is -0.981. The molecule has 6 heteroatoms. The zero-order chi connectivity index (χ0) is 17.5. The monoisotopic (exact) mass is 332 g/mol. The van der Waals surface area contributed by atoms with E-state index >= 15 is 0 Å². The van der Waals surface area contributed by atoms with E-state index in [1.54, 1.807) is 30.1 Å². The fraction of sp³-hybridized carbons (Fsp3) is 0.500. The summed E-state index contributed by atoms with van der Waals surface area (Å²) in [6.07, 6.45) is 5.51. The molecular formula is C18H24N2O4. The molecule has 0 heterocycles. The molecule has 0 bridgehead atoms. The molecule has 24 heavy (non-hydrogen) atoms. The van der Waals surface area contributed by atoms with Crippen LogP contribution in [0.1, 0.15) is 49.4 Å². The Bertz CT molecular complexity index is 609. The Balaban J connectivity index is 1.87. The van der Waals surface area contributed by atoms with Gasteiger partial charge in [-0.05, 0) is 31.0 Å². The van der Waals surface area contributed by atoms with Crippen molar-refractivity contribution in [3.8, 4) is 0 Å². The lowest BCUT2D eigenvalue weighted by Crippen LogP contribution is -2.40. The summed E-state index contributed by atoms with van der Waals surface area (Å²) >= 11 is 0. The van der Waals surface area contributed by atoms with Gasteiger partial charge in [-0.1, -0.05) is 25.3 Å². The molecule has 1 aromatic carbocycles. The molecule has 1 aromatic rings. The number of nitrogens with one attached hydrogen (secondary N) is 1. The van der Waals surface area contributed by atoms with Crippen molar-refractivity contribution in [3.63, 3.8) is 0 Å². The number of hydrogen-bond donors (Lipinski definition) is 1. The molecule has 0 saturated heterocycles. The maximum atomic E-state index is 12.2. The summed E-state index contributed by atoms with van der Waals surface area (Å²) in [7, 11) is 1.77. The first-order valence-electron chi connectivity index (χ1n) is 8.28. The van der Waals surface area contributed by atoms with E-state index < -0.39 is 5.97 Å². The lowest BCUT2D eigenvalue weighted by molar-refractivity contribution is -0.135. The minimum absolute atomic E-state index is 0.187. The van der Waals surface area contributed by atoms with E-state index in [0.717, 1.165) is 25.7 Å². The van der Waals surface area contributed by atoms with E-state index in [1.165, 1.54) is 19.4 Å². The molecule has 2 amide bonds. The van der Waals surface area contributed by atoms with Crippen LogP contribution >= 0.6 is 0 Å². The van der Waals surface area contributed by atoms with Gasteiger partial charge in [0.2, 0.25) is 5.91 Å². The SMILES string of the molecule is CC(=O)Nc1cccc(C(=O)OCC(=O)N(C)C2CCCCC2)c1. The smallest absolute Gasteiger partial charge is 0.338 e. The lowest BCUT2D eigenvalue weighted by atomic mass is 9.94. The molecule has 0 aliphatic heterocycles. The second-order valence-corrected chi connectivity index (χ2v) is 6.13. The van der Waals surface area contributed by atoms with Gasteiger partial charge in [-0.3, -0.25) is 9.59 Å². The molecule has 1 saturated carbocycles. The number of ether oxygens (including phenoxy) is 1. The van der Waals surface area contributed by atoms with Crippen LogP contribution in [-0.4, -0.2) is 42.4 Å². The van der Waals surface area contributed by atoms with Gasteiger partial charge < -0.3 is 15.0 Å². The Morgan fingerprint density at radius 1 is 1.21 bits per heavy atom. The third-order valence-corrected chi connectivity index (χ3v) is 4.26. The van der Waals surface area contributed by atoms with Crippen molar-refractivity contribution < 1.29 is 19.1 Å². The van der Waals surface area contributed by atoms with Crippen molar-refractivity contribution in [2.75, 3.05) is 19.0 Å². The predicted molar refractivity (Wildman–Crippen MR) is 90.7 cm³/mol. The molecule has 0 unspecified atom stereocenters. The van der Waals surface area contributed by atoms with Gasteiger partial charge in [0.05, 0.1) is 5.56 Å². The van der Waals surface area contributed by atoms with Gasteiger partial charge in [0.25, 0.3) is 5.91 Å². The van der Waals surface area contributed by atoms with Crippen LogP contribution in [0.3, 0.4) is 0 Å². The van der Waals surface area contributed by atoms with E-state index in [0.29, 0.717) is 11.3 Å². The van der Waals surface area contributed by atoms with Gasteiger partial charge in [0, 0.05) is 25.7 Å². The third-order valence-electron chi connectivity index (χ3n) is 4.26. The van der Waals surface area contributed by atoms with E-state index in [-0.39, 0.29) is 24.5 Å². The van der Waals surface area contributed by atoms with Crippen LogP contribution in [0.2, 0.25) is 0 Å². The van der Waals surface area contributed by atoms with Crippen molar-refractivity contribution in [1.82, 2.24) is 4.90 Å².